The molecule has 138 valence electrons. The molecule has 0 spiro atoms. The maximum atomic E-state index is 6.18. The second kappa shape index (κ2) is 8.29. The van der Waals surface area contributed by atoms with Crippen LogP contribution in [0.1, 0.15) is 24.6 Å². The van der Waals surface area contributed by atoms with Crippen LogP contribution in [0.4, 0.5) is 0 Å². The fraction of sp³-hybridized carbons (Fsp3) is 0.500. The first-order valence-corrected chi connectivity index (χ1v) is 10.2. The Kier molecular flexibility index (Phi) is 5.62. The molecule has 2 aromatic heterocycles. The van der Waals surface area contributed by atoms with Crippen molar-refractivity contribution in [1.82, 2.24) is 15.1 Å². The highest BCUT2D eigenvalue weighted by Crippen LogP contribution is 2.28. The van der Waals surface area contributed by atoms with Crippen LogP contribution in [0.3, 0.4) is 0 Å². The van der Waals surface area contributed by atoms with Crippen molar-refractivity contribution in [2.75, 3.05) is 19.7 Å². The van der Waals surface area contributed by atoms with Gasteiger partial charge in [0, 0.05) is 49.0 Å². The first-order chi connectivity index (χ1) is 12.8. The standard InChI is InChI=1S/C20H26N4OS/c1-15-4-8-21-12-16(15)14-25-17-6-10-24(11-7-17)13-18-2-3-20(26-18)19-5-9-22-23-19/h2-5,8-9,12,15-17H,6-7,10-11,13-14H2,1H3,(H,22,23). The van der Waals surface area contributed by atoms with E-state index in [1.165, 1.54) is 9.75 Å². The number of likely N-dealkylation sites (tertiary alicyclic amines) is 1. The van der Waals surface area contributed by atoms with Gasteiger partial charge in [0.15, 0.2) is 0 Å². The van der Waals surface area contributed by atoms with Gasteiger partial charge < -0.3 is 4.74 Å². The lowest BCUT2D eigenvalue weighted by Gasteiger charge is -2.32. The summed E-state index contributed by atoms with van der Waals surface area (Å²) in [6.07, 6.45) is 10.5. The Morgan fingerprint density at radius 1 is 1.27 bits per heavy atom. The summed E-state index contributed by atoms with van der Waals surface area (Å²) < 4.78 is 6.18. The van der Waals surface area contributed by atoms with Crippen molar-refractivity contribution in [3.63, 3.8) is 0 Å². The van der Waals surface area contributed by atoms with Crippen LogP contribution >= 0.6 is 11.3 Å². The van der Waals surface area contributed by atoms with Gasteiger partial charge in [-0.05, 0) is 37.0 Å². The number of aromatic nitrogens is 2. The van der Waals surface area contributed by atoms with Crippen LogP contribution in [0, 0.1) is 11.8 Å². The van der Waals surface area contributed by atoms with Gasteiger partial charge in [-0.2, -0.15) is 5.10 Å². The van der Waals surface area contributed by atoms with Crippen molar-refractivity contribution in [2.45, 2.75) is 32.4 Å². The second-order valence-electron chi connectivity index (χ2n) is 7.21. The molecule has 26 heavy (non-hydrogen) atoms. The molecule has 2 unspecified atom stereocenters. The molecule has 0 aliphatic carbocycles. The summed E-state index contributed by atoms with van der Waals surface area (Å²) in [7, 11) is 0. The highest BCUT2D eigenvalue weighted by atomic mass is 32.1. The van der Waals surface area contributed by atoms with E-state index < -0.39 is 0 Å². The number of H-pyrrole nitrogens is 1. The predicted molar refractivity (Wildman–Crippen MR) is 106 cm³/mol. The first-order valence-electron chi connectivity index (χ1n) is 9.40. The Labute approximate surface area is 158 Å². The minimum atomic E-state index is 0.390. The molecule has 0 saturated carbocycles. The van der Waals surface area contributed by atoms with Crippen LogP contribution in [0.25, 0.3) is 10.6 Å². The summed E-state index contributed by atoms with van der Waals surface area (Å²) in [6.45, 7) is 6.27. The number of rotatable bonds is 6. The molecular weight excluding hydrogens is 344 g/mol. The largest absolute Gasteiger partial charge is 0.377 e. The molecule has 1 saturated heterocycles. The third kappa shape index (κ3) is 4.31. The molecule has 0 aromatic carbocycles. The van der Waals surface area contributed by atoms with Crippen molar-refractivity contribution in [3.8, 4) is 10.6 Å². The molecule has 6 heteroatoms. The maximum absolute atomic E-state index is 6.18. The topological polar surface area (TPSA) is 53.5 Å². The van der Waals surface area contributed by atoms with Gasteiger partial charge in [0.25, 0.3) is 0 Å². The van der Waals surface area contributed by atoms with Crippen LogP contribution in [-0.2, 0) is 11.3 Å². The number of piperidine rings is 1. The summed E-state index contributed by atoms with van der Waals surface area (Å²) in [5.41, 5.74) is 1.10. The Morgan fingerprint density at radius 3 is 2.92 bits per heavy atom. The molecule has 2 aliphatic rings. The quantitative estimate of drug-likeness (QED) is 0.837. The van der Waals surface area contributed by atoms with Crippen LogP contribution < -0.4 is 0 Å². The number of aromatic amines is 1. The molecule has 2 aliphatic heterocycles. The van der Waals surface area contributed by atoms with Crippen LogP contribution in [0.5, 0.6) is 0 Å². The van der Waals surface area contributed by atoms with Gasteiger partial charge in [-0.15, -0.1) is 11.3 Å². The zero-order valence-corrected chi connectivity index (χ0v) is 16.0. The van der Waals surface area contributed by atoms with E-state index in [0.717, 1.165) is 44.8 Å². The summed E-state index contributed by atoms with van der Waals surface area (Å²) in [4.78, 5) is 9.46. The van der Waals surface area contributed by atoms with Gasteiger partial charge >= 0.3 is 0 Å². The number of aliphatic imine (C=N–C) groups is 1. The van der Waals surface area contributed by atoms with Crippen LogP contribution in [0.15, 0.2) is 41.7 Å². The SMILES string of the molecule is CC1C=CN=CC1COC1CCN(Cc2ccc(-c3ccn[nH]3)s2)CC1. The fourth-order valence-corrected chi connectivity index (χ4v) is 4.55. The predicted octanol–water partition coefficient (Wildman–Crippen LogP) is 3.97. The number of allylic oxidation sites excluding steroid dienone is 1. The van der Waals surface area contributed by atoms with Gasteiger partial charge in [0.2, 0.25) is 0 Å². The number of hydrogen-bond acceptors (Lipinski definition) is 5. The third-order valence-corrected chi connectivity index (χ3v) is 6.40. The lowest BCUT2D eigenvalue weighted by atomic mass is 9.94. The Bertz CT molecular complexity index is 744. The summed E-state index contributed by atoms with van der Waals surface area (Å²) in [5.74, 6) is 0.945. The molecule has 5 nitrogen and oxygen atoms in total. The molecule has 2 aromatic rings. The highest BCUT2D eigenvalue weighted by Gasteiger charge is 2.23. The van der Waals surface area contributed by atoms with Crippen molar-refractivity contribution < 1.29 is 4.74 Å². The molecule has 4 heterocycles. The number of hydrogen-bond donors (Lipinski definition) is 1. The third-order valence-electron chi connectivity index (χ3n) is 5.29. The number of thiophene rings is 1. The summed E-state index contributed by atoms with van der Waals surface area (Å²) in [6, 6.07) is 6.44. The monoisotopic (exact) mass is 370 g/mol. The van der Waals surface area contributed by atoms with Gasteiger partial charge in [-0.1, -0.05) is 13.0 Å². The van der Waals surface area contributed by atoms with Gasteiger partial charge in [0.05, 0.1) is 23.3 Å². The average molecular weight is 371 g/mol. The van der Waals surface area contributed by atoms with E-state index in [9.17, 15) is 0 Å². The van der Waals surface area contributed by atoms with E-state index in [1.807, 2.05) is 29.8 Å². The van der Waals surface area contributed by atoms with E-state index in [1.54, 1.807) is 6.20 Å². The van der Waals surface area contributed by atoms with Gasteiger partial charge in [-0.25, -0.2) is 0 Å². The van der Waals surface area contributed by atoms with Gasteiger partial charge in [0.1, 0.15) is 0 Å². The average Bonchev–Trinajstić information content (AvgIpc) is 3.34. The van der Waals surface area contributed by atoms with Crippen LogP contribution in [-0.4, -0.2) is 47.1 Å². The number of nitrogens with one attached hydrogen (secondary N) is 1. The zero-order valence-electron chi connectivity index (χ0n) is 15.2. The number of ether oxygens (including phenoxy) is 1. The molecule has 1 fully saturated rings. The second-order valence-corrected chi connectivity index (χ2v) is 8.38. The molecule has 1 N–H and O–H groups in total. The van der Waals surface area contributed by atoms with E-state index >= 15 is 0 Å². The van der Waals surface area contributed by atoms with E-state index in [0.29, 0.717) is 17.9 Å². The highest BCUT2D eigenvalue weighted by molar-refractivity contribution is 7.15. The summed E-state index contributed by atoms with van der Waals surface area (Å²) in [5, 5.41) is 7.07. The molecule has 0 radical (unpaired) electrons. The summed E-state index contributed by atoms with van der Waals surface area (Å²) >= 11 is 1.85. The number of nitrogens with zero attached hydrogens (tertiary/aromatic N) is 3. The minimum Gasteiger partial charge on any atom is -0.377 e. The normalized spacial score (nSPS) is 24.3. The Balaban J connectivity index is 1.21. The fourth-order valence-electron chi connectivity index (χ4n) is 3.52. The molecule has 2 atom stereocenters. The van der Waals surface area contributed by atoms with Crippen molar-refractivity contribution in [3.05, 3.63) is 41.5 Å². The lowest BCUT2D eigenvalue weighted by Crippen LogP contribution is -2.37. The molecule has 0 bridgehead atoms. The first kappa shape index (κ1) is 17.6. The van der Waals surface area contributed by atoms with Gasteiger partial charge in [-0.3, -0.25) is 15.0 Å². The van der Waals surface area contributed by atoms with Crippen molar-refractivity contribution in [1.29, 1.82) is 0 Å². The Morgan fingerprint density at radius 2 is 2.15 bits per heavy atom. The van der Waals surface area contributed by atoms with Crippen LogP contribution in [0.2, 0.25) is 0 Å². The molecule has 4 rings (SSSR count). The molecule has 0 amide bonds. The molecular formula is C20H26N4OS. The van der Waals surface area contributed by atoms with E-state index in [-0.39, 0.29) is 0 Å². The van der Waals surface area contributed by atoms with E-state index in [4.69, 9.17) is 4.74 Å². The smallest absolute Gasteiger partial charge is 0.0749 e. The zero-order chi connectivity index (χ0) is 17.8. The van der Waals surface area contributed by atoms with Crippen molar-refractivity contribution >= 4 is 17.6 Å². The lowest BCUT2D eigenvalue weighted by molar-refractivity contribution is -0.00530. The minimum absolute atomic E-state index is 0.390. The Hall–Kier alpha value is -1.76. The van der Waals surface area contributed by atoms with E-state index in [2.05, 4.69) is 45.2 Å². The van der Waals surface area contributed by atoms with Crippen molar-refractivity contribution in [2.24, 2.45) is 16.8 Å². The maximum Gasteiger partial charge on any atom is 0.0749 e.